The van der Waals surface area contributed by atoms with Gasteiger partial charge >= 0.3 is 11.5 Å². The molecule has 0 atom stereocenters. The second-order valence-electron chi connectivity index (χ2n) is 9.25. The molecule has 0 aromatic heterocycles. The highest BCUT2D eigenvalue weighted by Gasteiger charge is 2.48. The lowest BCUT2D eigenvalue weighted by molar-refractivity contribution is -0.128. The number of hydrogen-bond donors (Lipinski definition) is 3. The first kappa shape index (κ1) is 23.0. The third kappa shape index (κ3) is 4.50. The van der Waals surface area contributed by atoms with E-state index in [1.165, 1.54) is 12.1 Å². The zero-order chi connectivity index (χ0) is 23.1. The Hall–Kier alpha value is -2.14. The third-order valence-electron chi connectivity index (χ3n) is 6.83. The summed E-state index contributed by atoms with van der Waals surface area (Å²) in [6.07, 6.45) is 4.62. The number of halogens is 3. The average Bonchev–Trinajstić information content (AvgIpc) is 2.71. The molecule has 0 radical (unpaired) electrons. The highest BCUT2D eigenvalue weighted by Crippen LogP contribution is 2.34. The van der Waals surface area contributed by atoms with Crippen molar-refractivity contribution in [1.29, 1.82) is 0 Å². The maximum Gasteiger partial charge on any atom is 0.464 e. The van der Waals surface area contributed by atoms with Gasteiger partial charge in [-0.15, -0.1) is 0 Å². The molecule has 0 unspecified atom stereocenters. The summed E-state index contributed by atoms with van der Waals surface area (Å²) in [6, 6.07) is 5.51. The average molecular weight is 475 g/mol. The van der Waals surface area contributed by atoms with Crippen LogP contribution in [0.1, 0.15) is 37.7 Å². The number of nitrogens with zero attached hydrogens (tertiary/aromatic N) is 2. The quantitative estimate of drug-likeness (QED) is 0.586. The lowest BCUT2D eigenvalue weighted by atomic mass is 9.81. The number of carbonyl (C=O) groups is 2. The Morgan fingerprint density at radius 3 is 2.34 bits per heavy atom. The number of thiol groups is 1. The summed E-state index contributed by atoms with van der Waals surface area (Å²) in [7, 11) is -4.91. The summed E-state index contributed by atoms with van der Waals surface area (Å²) < 4.78 is 50.4. The van der Waals surface area contributed by atoms with Gasteiger partial charge < -0.3 is 15.1 Å². The molecule has 32 heavy (non-hydrogen) atoms. The first-order valence-corrected chi connectivity index (χ1v) is 12.7. The second-order valence-corrected chi connectivity index (χ2v) is 11.6. The van der Waals surface area contributed by atoms with Gasteiger partial charge in [-0.1, -0.05) is 12.1 Å². The molecular weight excluding hydrogens is 445 g/mol. The number of alkyl halides is 3. The molecular formula is C21H29F3N4O3S. The van der Waals surface area contributed by atoms with Crippen LogP contribution >= 0.6 is 0 Å². The summed E-state index contributed by atoms with van der Waals surface area (Å²) >= 11 is 0. The van der Waals surface area contributed by atoms with E-state index in [0.717, 1.165) is 31.2 Å². The minimum atomic E-state index is -4.95. The topological polar surface area (TPSA) is 95.7 Å². The van der Waals surface area contributed by atoms with Crippen molar-refractivity contribution in [3.8, 4) is 0 Å². The maximum absolute atomic E-state index is 12.9. The molecule has 7 nitrogen and oxygen atoms in total. The molecule has 0 bridgehead atoms. The van der Waals surface area contributed by atoms with Crippen molar-refractivity contribution in [1.82, 2.24) is 15.1 Å². The number of nitrogens with one attached hydrogen (secondary N) is 1. The molecule has 3 amide bonds. The monoisotopic (exact) mass is 474 g/mol. The number of urea groups is 1. The van der Waals surface area contributed by atoms with Crippen LogP contribution in [0.25, 0.3) is 0 Å². The van der Waals surface area contributed by atoms with Crippen molar-refractivity contribution in [2.75, 3.05) is 26.2 Å². The number of likely N-dealkylation sites (tertiary alicyclic amines) is 2. The van der Waals surface area contributed by atoms with Crippen LogP contribution in [0.2, 0.25) is 0 Å². The zero-order valence-electron chi connectivity index (χ0n) is 17.7. The fourth-order valence-corrected chi connectivity index (χ4v) is 5.81. The van der Waals surface area contributed by atoms with Gasteiger partial charge in [0.25, 0.3) is 0 Å². The van der Waals surface area contributed by atoms with Crippen molar-refractivity contribution < 1.29 is 27.0 Å². The van der Waals surface area contributed by atoms with E-state index in [1.54, 1.807) is 17.0 Å². The van der Waals surface area contributed by atoms with Crippen LogP contribution in [0.3, 0.4) is 0 Å². The number of hydrogen-bond acceptors (Lipinski definition) is 3. The van der Waals surface area contributed by atoms with Gasteiger partial charge in [0.2, 0.25) is 5.91 Å². The predicted molar refractivity (Wildman–Crippen MR) is 114 cm³/mol. The smallest absolute Gasteiger partial charge is 0.347 e. The zero-order valence-corrected chi connectivity index (χ0v) is 18.6. The van der Waals surface area contributed by atoms with Crippen molar-refractivity contribution in [2.45, 2.75) is 54.5 Å². The normalized spacial score (nSPS) is 22.4. The van der Waals surface area contributed by atoms with Gasteiger partial charge in [-0.2, -0.15) is 13.2 Å². The molecule has 1 spiro atoms. The maximum atomic E-state index is 12.9. The number of piperidine rings is 2. The van der Waals surface area contributed by atoms with Crippen LogP contribution in [0, 0.1) is 5.92 Å². The summed E-state index contributed by atoms with van der Waals surface area (Å²) in [4.78, 5) is 27.7. The molecule has 1 aromatic carbocycles. The van der Waals surface area contributed by atoms with Crippen LogP contribution in [-0.4, -0.2) is 63.2 Å². The molecule has 0 saturated carbocycles. The third-order valence-corrected chi connectivity index (χ3v) is 8.65. The molecule has 11 heteroatoms. The fraction of sp³-hybridized carbons (Fsp3) is 0.619. The highest BCUT2D eigenvalue weighted by molar-refractivity contribution is 8.01. The Balaban J connectivity index is 1.25. The van der Waals surface area contributed by atoms with Crippen molar-refractivity contribution in [3.05, 3.63) is 29.8 Å². The van der Waals surface area contributed by atoms with Crippen LogP contribution < -0.4 is 10.5 Å². The van der Waals surface area contributed by atoms with E-state index >= 15 is 0 Å². The molecule has 4 rings (SSSR count). The summed E-state index contributed by atoms with van der Waals surface area (Å²) in [6.45, 7) is 2.38. The highest BCUT2D eigenvalue weighted by atomic mass is 32.3. The van der Waals surface area contributed by atoms with Crippen molar-refractivity contribution in [2.24, 2.45) is 11.1 Å². The number of benzene rings is 1. The summed E-state index contributed by atoms with van der Waals surface area (Å²) in [5, 5.41) is 8.09. The molecule has 0 aliphatic carbocycles. The number of carbonyl (C=O) groups excluding carboxylic acids is 2. The summed E-state index contributed by atoms with van der Waals surface area (Å²) in [5.74, 6) is 0.377. The van der Waals surface area contributed by atoms with E-state index in [1.807, 2.05) is 4.90 Å². The Labute approximate surface area is 186 Å². The number of rotatable bonds is 3. The standard InChI is InChI=1S/C21H29F3N4O3S/c22-21(23,24)32(25,31)17-5-3-15(4-6-17)12-16-7-10-27(11-8-16)19(30)28-13-20(14-28)9-1-2-18(29)26-20/h3-6,16,32H,1-2,7-14H2,(H2,25,31)(H,26,29). The van der Waals surface area contributed by atoms with Gasteiger partial charge in [-0.05, 0) is 55.7 Å². The lowest BCUT2D eigenvalue weighted by Gasteiger charge is -2.53. The van der Waals surface area contributed by atoms with Crippen molar-refractivity contribution >= 4 is 22.1 Å². The van der Waals surface area contributed by atoms with Gasteiger partial charge in [-0.3, -0.25) is 14.1 Å². The minimum absolute atomic E-state index is 0.00380. The molecule has 3 fully saturated rings. The van der Waals surface area contributed by atoms with Gasteiger partial charge in [0.05, 0.1) is 15.7 Å². The van der Waals surface area contributed by atoms with E-state index in [9.17, 15) is 27.0 Å². The van der Waals surface area contributed by atoms with Crippen LogP contribution in [0.5, 0.6) is 0 Å². The van der Waals surface area contributed by atoms with E-state index < -0.39 is 20.5 Å². The van der Waals surface area contributed by atoms with Gasteiger partial charge in [-0.25, -0.2) is 4.79 Å². The lowest BCUT2D eigenvalue weighted by Crippen LogP contribution is -2.73. The largest absolute Gasteiger partial charge is 0.464 e. The molecule has 3 N–H and O–H groups in total. The van der Waals surface area contributed by atoms with Gasteiger partial charge in [0.15, 0.2) is 0 Å². The van der Waals surface area contributed by atoms with Gasteiger partial charge in [0, 0.05) is 37.5 Å². The van der Waals surface area contributed by atoms with Crippen LogP contribution in [0.15, 0.2) is 29.2 Å². The van der Waals surface area contributed by atoms with E-state index in [4.69, 9.17) is 5.14 Å². The molecule has 3 heterocycles. The Morgan fingerprint density at radius 2 is 1.78 bits per heavy atom. The van der Waals surface area contributed by atoms with E-state index in [2.05, 4.69) is 5.32 Å². The van der Waals surface area contributed by atoms with Gasteiger partial charge in [0.1, 0.15) is 0 Å². The molecule has 3 aliphatic rings. The first-order valence-electron chi connectivity index (χ1n) is 10.9. The Morgan fingerprint density at radius 1 is 1.16 bits per heavy atom. The van der Waals surface area contributed by atoms with Crippen LogP contribution in [0.4, 0.5) is 18.0 Å². The predicted octanol–water partition coefficient (Wildman–Crippen LogP) is 2.18. The second kappa shape index (κ2) is 8.33. The molecule has 3 saturated heterocycles. The molecule has 178 valence electrons. The molecule has 3 aliphatic heterocycles. The Bertz CT molecular complexity index is 923. The SMILES string of the molecule is N[SH](=O)(c1ccc(CC2CCN(C(=O)N3CC4(CCCC(=O)N4)C3)CC2)cc1)C(F)(F)F. The van der Waals surface area contributed by atoms with Crippen molar-refractivity contribution in [3.63, 3.8) is 0 Å². The summed E-state index contributed by atoms with van der Waals surface area (Å²) in [5.41, 5.74) is -4.33. The van der Waals surface area contributed by atoms with Crippen LogP contribution in [-0.2, 0) is 21.3 Å². The first-order chi connectivity index (χ1) is 15.0. The number of amides is 3. The van der Waals surface area contributed by atoms with E-state index in [-0.39, 0.29) is 17.5 Å². The fourth-order valence-electron chi connectivity index (χ4n) is 4.93. The van der Waals surface area contributed by atoms with E-state index in [0.29, 0.717) is 44.9 Å². The minimum Gasteiger partial charge on any atom is -0.347 e. The molecule has 1 aromatic rings. The Kier molecular flexibility index (Phi) is 6.00. The number of nitrogens with two attached hydrogens (primary N) is 1.